The van der Waals surface area contributed by atoms with Crippen LogP contribution in [0.3, 0.4) is 0 Å². The number of thioether (sulfide) groups is 1. The van der Waals surface area contributed by atoms with Crippen LogP contribution in [0.1, 0.15) is 65.2 Å². The Kier molecular flexibility index (Phi) is 5.74. The minimum atomic E-state index is -0.172. The fourth-order valence-electron chi connectivity index (χ4n) is 2.77. The zero-order valence-electron chi connectivity index (χ0n) is 16.5. The van der Waals surface area contributed by atoms with Gasteiger partial charge in [-0.2, -0.15) is 0 Å². The summed E-state index contributed by atoms with van der Waals surface area (Å²) in [5.74, 6) is 0.229. The van der Waals surface area contributed by atoms with Crippen molar-refractivity contribution < 1.29 is 9.90 Å². The molecule has 1 saturated heterocycles. The third kappa shape index (κ3) is 4.57. The van der Waals surface area contributed by atoms with Crippen LogP contribution in [-0.2, 0) is 15.6 Å². The number of phenols is 1. The van der Waals surface area contributed by atoms with Gasteiger partial charge >= 0.3 is 0 Å². The largest absolute Gasteiger partial charge is 0.507 e. The van der Waals surface area contributed by atoms with E-state index in [0.717, 1.165) is 22.3 Å². The van der Waals surface area contributed by atoms with E-state index in [0.29, 0.717) is 15.0 Å². The molecule has 0 atom stereocenters. The molecule has 1 aromatic carbocycles. The summed E-state index contributed by atoms with van der Waals surface area (Å²) in [6, 6.07) is 4.04. The van der Waals surface area contributed by atoms with Crippen LogP contribution in [0.25, 0.3) is 6.08 Å². The first-order valence-electron chi connectivity index (χ1n) is 8.61. The van der Waals surface area contributed by atoms with Crippen molar-refractivity contribution in [1.29, 1.82) is 0 Å². The molecule has 0 aliphatic carbocycles. The molecule has 3 nitrogen and oxygen atoms in total. The van der Waals surface area contributed by atoms with Crippen molar-refractivity contribution in [3.63, 3.8) is 0 Å². The van der Waals surface area contributed by atoms with E-state index in [1.54, 1.807) is 0 Å². The fraction of sp³-hybridized carbons (Fsp3) is 0.429. The lowest BCUT2D eigenvalue weighted by atomic mass is 9.78. The summed E-state index contributed by atoms with van der Waals surface area (Å²) in [6.45, 7) is 14.5. The third-order valence-electron chi connectivity index (χ3n) is 4.25. The number of allylic oxidation sites excluding steroid dienone is 2. The van der Waals surface area contributed by atoms with Crippen LogP contribution in [0, 0.1) is 0 Å². The second-order valence-electron chi connectivity index (χ2n) is 8.65. The highest BCUT2D eigenvalue weighted by Crippen LogP contribution is 2.40. The van der Waals surface area contributed by atoms with Crippen molar-refractivity contribution in [1.82, 2.24) is 5.32 Å². The first kappa shape index (κ1) is 20.7. The van der Waals surface area contributed by atoms with Crippen LogP contribution < -0.4 is 5.32 Å². The molecular formula is C21H27NO2S2. The molecule has 26 heavy (non-hydrogen) atoms. The highest BCUT2D eigenvalue weighted by molar-refractivity contribution is 8.26. The molecule has 2 N–H and O–H groups in total. The number of carbonyl (C=O) groups excluding carboxylic acids is 1. The van der Waals surface area contributed by atoms with Crippen molar-refractivity contribution in [2.24, 2.45) is 0 Å². The molecule has 1 heterocycles. The van der Waals surface area contributed by atoms with E-state index in [9.17, 15) is 9.90 Å². The Morgan fingerprint density at radius 1 is 1.12 bits per heavy atom. The van der Waals surface area contributed by atoms with Crippen LogP contribution in [0.2, 0.25) is 0 Å². The summed E-state index contributed by atoms with van der Waals surface area (Å²) < 4.78 is 0.493. The Morgan fingerprint density at radius 3 is 2.00 bits per heavy atom. The number of phenolic OH excluding ortho intramolecular Hbond substituents is 1. The molecule has 1 aliphatic rings. The van der Waals surface area contributed by atoms with Gasteiger partial charge < -0.3 is 10.4 Å². The standard InChI is InChI=1S/C21H27NO2S2/c1-12(17-18(24)22-19(25)26-17)8-9-13-10-14(20(2,3)4)16(23)15(11-13)21(5,6)7/h8-11,23H,1-7H3,(H,22,24,25)/b9-8+,17-12?. The Morgan fingerprint density at radius 2 is 1.62 bits per heavy atom. The van der Waals surface area contributed by atoms with Gasteiger partial charge in [0.1, 0.15) is 10.1 Å². The smallest absolute Gasteiger partial charge is 0.263 e. The molecule has 0 bridgehead atoms. The van der Waals surface area contributed by atoms with Gasteiger partial charge in [-0.25, -0.2) is 0 Å². The van der Waals surface area contributed by atoms with E-state index in [-0.39, 0.29) is 16.7 Å². The SMILES string of the molecule is CC(/C=C/c1cc(C(C)(C)C)c(O)c(C(C)(C)C)c1)=C1SC(=S)NC1=O. The lowest BCUT2D eigenvalue weighted by Crippen LogP contribution is -2.18. The molecule has 1 aliphatic heterocycles. The number of rotatable bonds is 2. The highest BCUT2D eigenvalue weighted by atomic mass is 32.2. The quantitative estimate of drug-likeness (QED) is 0.524. The summed E-state index contributed by atoms with van der Waals surface area (Å²) in [7, 11) is 0. The lowest BCUT2D eigenvalue weighted by molar-refractivity contribution is -0.115. The van der Waals surface area contributed by atoms with E-state index in [1.165, 1.54) is 11.8 Å². The van der Waals surface area contributed by atoms with Crippen LogP contribution >= 0.6 is 24.0 Å². The number of carbonyl (C=O) groups is 1. The maximum absolute atomic E-state index is 11.9. The number of amides is 1. The summed E-state index contributed by atoms with van der Waals surface area (Å²) in [5, 5.41) is 13.4. The first-order valence-corrected chi connectivity index (χ1v) is 9.83. The second kappa shape index (κ2) is 7.20. The minimum absolute atomic E-state index is 0.140. The summed E-state index contributed by atoms with van der Waals surface area (Å²) in [5.41, 5.74) is 3.37. The highest BCUT2D eigenvalue weighted by Gasteiger charge is 2.26. The summed E-state index contributed by atoms with van der Waals surface area (Å²) in [6.07, 6.45) is 3.92. The minimum Gasteiger partial charge on any atom is -0.507 e. The maximum atomic E-state index is 11.9. The Balaban J connectivity index is 2.52. The normalized spacial score (nSPS) is 17.8. The van der Waals surface area contributed by atoms with Crippen molar-refractivity contribution >= 4 is 40.3 Å². The summed E-state index contributed by atoms with van der Waals surface area (Å²) >= 11 is 6.34. The molecule has 1 amide bonds. The maximum Gasteiger partial charge on any atom is 0.263 e. The van der Waals surface area contributed by atoms with E-state index >= 15 is 0 Å². The predicted octanol–water partition coefficient (Wildman–Crippen LogP) is 5.42. The molecule has 0 spiro atoms. The Bertz CT molecular complexity index is 786. The lowest BCUT2D eigenvalue weighted by Gasteiger charge is -2.27. The third-order valence-corrected chi connectivity index (χ3v) is 5.60. The van der Waals surface area contributed by atoms with Crippen molar-refractivity contribution in [2.75, 3.05) is 0 Å². The Labute approximate surface area is 166 Å². The number of hydrogen-bond donors (Lipinski definition) is 2. The number of nitrogens with one attached hydrogen (secondary N) is 1. The first-order chi connectivity index (χ1) is 11.8. The van der Waals surface area contributed by atoms with Crippen molar-refractivity contribution in [3.05, 3.63) is 45.4 Å². The van der Waals surface area contributed by atoms with Crippen LogP contribution in [-0.4, -0.2) is 15.3 Å². The molecule has 0 saturated carbocycles. The molecular weight excluding hydrogens is 362 g/mol. The number of hydrogen-bond acceptors (Lipinski definition) is 4. The number of benzene rings is 1. The molecule has 0 unspecified atom stereocenters. The van der Waals surface area contributed by atoms with Crippen LogP contribution in [0.15, 0.2) is 28.7 Å². The predicted molar refractivity (Wildman–Crippen MR) is 116 cm³/mol. The topological polar surface area (TPSA) is 49.3 Å². The van der Waals surface area contributed by atoms with Gasteiger partial charge in [-0.15, -0.1) is 0 Å². The van der Waals surface area contributed by atoms with Crippen molar-refractivity contribution in [3.8, 4) is 5.75 Å². The summed E-state index contributed by atoms with van der Waals surface area (Å²) in [4.78, 5) is 12.5. The average Bonchev–Trinajstić information content (AvgIpc) is 2.82. The second-order valence-corrected chi connectivity index (χ2v) is 10.3. The molecule has 140 valence electrons. The van der Waals surface area contributed by atoms with Gasteiger partial charge in [-0.3, -0.25) is 4.79 Å². The fourth-order valence-corrected chi connectivity index (χ4v) is 3.81. The van der Waals surface area contributed by atoms with E-state index in [4.69, 9.17) is 12.2 Å². The zero-order valence-corrected chi connectivity index (χ0v) is 18.1. The molecule has 0 aromatic heterocycles. The van der Waals surface area contributed by atoms with E-state index in [1.807, 2.05) is 31.2 Å². The van der Waals surface area contributed by atoms with Gasteiger partial charge in [0.05, 0.1) is 4.91 Å². The molecule has 5 heteroatoms. The Hall–Kier alpha value is -1.59. The average molecular weight is 390 g/mol. The van der Waals surface area contributed by atoms with E-state index in [2.05, 4.69) is 46.9 Å². The van der Waals surface area contributed by atoms with Gasteiger partial charge in [0.2, 0.25) is 0 Å². The van der Waals surface area contributed by atoms with Gasteiger partial charge in [-0.05, 0) is 41.0 Å². The van der Waals surface area contributed by atoms with Gasteiger partial charge in [0, 0.05) is 11.1 Å². The van der Waals surface area contributed by atoms with Crippen LogP contribution in [0.4, 0.5) is 0 Å². The molecule has 2 rings (SSSR count). The molecule has 1 fully saturated rings. The van der Waals surface area contributed by atoms with Gasteiger partial charge in [-0.1, -0.05) is 77.7 Å². The zero-order chi connectivity index (χ0) is 19.9. The number of thiocarbonyl (C=S) groups is 1. The monoisotopic (exact) mass is 389 g/mol. The van der Waals surface area contributed by atoms with Gasteiger partial charge in [0.15, 0.2) is 0 Å². The molecule has 0 radical (unpaired) electrons. The van der Waals surface area contributed by atoms with Crippen molar-refractivity contribution in [2.45, 2.75) is 59.3 Å². The van der Waals surface area contributed by atoms with Gasteiger partial charge in [0.25, 0.3) is 5.91 Å². The number of aromatic hydroxyl groups is 1. The molecule has 1 aromatic rings. The van der Waals surface area contributed by atoms with E-state index < -0.39 is 0 Å². The van der Waals surface area contributed by atoms with Crippen LogP contribution in [0.5, 0.6) is 5.75 Å².